The highest BCUT2D eigenvalue weighted by atomic mass is 35.5. The average molecular weight is 398 g/mol. The van der Waals surface area contributed by atoms with E-state index in [4.69, 9.17) is 16.3 Å². The molecule has 6 nitrogen and oxygen atoms in total. The van der Waals surface area contributed by atoms with Gasteiger partial charge in [-0.2, -0.15) is 0 Å². The van der Waals surface area contributed by atoms with Gasteiger partial charge in [0.2, 0.25) is 0 Å². The molecular weight excluding hydrogens is 378 g/mol. The van der Waals surface area contributed by atoms with E-state index in [0.717, 1.165) is 15.4 Å². The highest BCUT2D eigenvalue weighted by Crippen LogP contribution is 2.31. The number of anilines is 1. The van der Waals surface area contributed by atoms with Crippen molar-refractivity contribution < 1.29 is 22.7 Å². The number of aryl methyl sites for hydroxylation is 2. The number of nitrogens with zero attached hydrogens (tertiary/aromatic N) is 1. The Morgan fingerprint density at radius 2 is 1.77 bits per heavy atom. The summed E-state index contributed by atoms with van der Waals surface area (Å²) in [5.41, 5.74) is 2.28. The number of halogens is 1. The number of carbonyl (C=O) groups is 1. The quantitative estimate of drug-likeness (QED) is 0.699. The number of sulfonamides is 1. The summed E-state index contributed by atoms with van der Waals surface area (Å²) in [6, 6.07) is 9.29. The molecule has 8 heteroatoms. The Kier molecular flexibility index (Phi) is 6.15. The first kappa shape index (κ1) is 20.1. The van der Waals surface area contributed by atoms with Gasteiger partial charge in [0.25, 0.3) is 10.0 Å². The third-order valence-electron chi connectivity index (χ3n) is 3.99. The van der Waals surface area contributed by atoms with Crippen molar-refractivity contribution in [3.63, 3.8) is 0 Å². The SMILES string of the molecule is COC(=O)CN(c1ccc(C)c(C)c1)S(=O)(=O)c1ccc(OC)c(Cl)c1. The van der Waals surface area contributed by atoms with E-state index in [9.17, 15) is 13.2 Å². The number of hydrogen-bond acceptors (Lipinski definition) is 5. The Bertz CT molecular complexity index is 927. The molecule has 0 spiro atoms. The van der Waals surface area contributed by atoms with E-state index in [1.807, 2.05) is 13.8 Å². The van der Waals surface area contributed by atoms with Crippen LogP contribution in [0, 0.1) is 13.8 Å². The van der Waals surface area contributed by atoms with Gasteiger partial charge in [-0.25, -0.2) is 8.42 Å². The molecule has 0 heterocycles. The van der Waals surface area contributed by atoms with E-state index >= 15 is 0 Å². The van der Waals surface area contributed by atoms with Crippen molar-refractivity contribution in [2.24, 2.45) is 0 Å². The minimum Gasteiger partial charge on any atom is -0.495 e. The normalized spacial score (nSPS) is 11.1. The lowest BCUT2D eigenvalue weighted by molar-refractivity contribution is -0.138. The number of esters is 1. The molecule has 0 amide bonds. The van der Waals surface area contributed by atoms with Crippen LogP contribution in [0.2, 0.25) is 5.02 Å². The number of carbonyl (C=O) groups excluding carboxylic acids is 1. The summed E-state index contributed by atoms with van der Waals surface area (Å²) in [4.78, 5) is 11.8. The van der Waals surface area contributed by atoms with Crippen molar-refractivity contribution in [3.8, 4) is 5.75 Å². The fourth-order valence-corrected chi connectivity index (χ4v) is 4.06. The van der Waals surface area contributed by atoms with Crippen LogP contribution in [-0.4, -0.2) is 35.2 Å². The van der Waals surface area contributed by atoms with E-state index in [1.54, 1.807) is 18.2 Å². The molecule has 26 heavy (non-hydrogen) atoms. The molecule has 0 aliphatic heterocycles. The third-order valence-corrected chi connectivity index (χ3v) is 6.06. The molecule has 0 saturated carbocycles. The van der Waals surface area contributed by atoms with Gasteiger partial charge in [-0.3, -0.25) is 9.10 Å². The molecule has 2 aromatic carbocycles. The Labute approximate surface area is 158 Å². The van der Waals surface area contributed by atoms with Crippen LogP contribution in [0.1, 0.15) is 11.1 Å². The van der Waals surface area contributed by atoms with Crippen LogP contribution in [0.25, 0.3) is 0 Å². The predicted molar refractivity (Wildman–Crippen MR) is 100 cm³/mol. The molecule has 0 saturated heterocycles. The first-order valence-corrected chi connectivity index (χ1v) is 9.53. The Hall–Kier alpha value is -2.25. The second kappa shape index (κ2) is 7.97. The summed E-state index contributed by atoms with van der Waals surface area (Å²) in [5, 5.41) is 0.159. The molecule has 0 aliphatic rings. The van der Waals surface area contributed by atoms with Crippen LogP contribution >= 0.6 is 11.6 Å². The zero-order valence-electron chi connectivity index (χ0n) is 14.9. The Balaban J connectivity index is 2.57. The van der Waals surface area contributed by atoms with Crippen LogP contribution in [0.15, 0.2) is 41.3 Å². The number of hydrogen-bond donors (Lipinski definition) is 0. The number of rotatable bonds is 6. The molecule has 0 aromatic heterocycles. The van der Waals surface area contributed by atoms with Crippen molar-refractivity contribution in [2.45, 2.75) is 18.7 Å². The van der Waals surface area contributed by atoms with E-state index < -0.39 is 22.5 Å². The standard InChI is InChI=1S/C18H20ClNO5S/c1-12-5-6-14(9-13(12)2)20(11-18(21)25-4)26(22,23)15-7-8-17(24-3)16(19)10-15/h5-10H,11H2,1-4H3. The van der Waals surface area contributed by atoms with Gasteiger partial charge in [0.15, 0.2) is 0 Å². The first-order chi connectivity index (χ1) is 12.2. The average Bonchev–Trinajstić information content (AvgIpc) is 2.61. The maximum atomic E-state index is 13.2. The van der Waals surface area contributed by atoms with Crippen molar-refractivity contribution >= 4 is 33.3 Å². The lowest BCUT2D eigenvalue weighted by Crippen LogP contribution is -2.36. The monoisotopic (exact) mass is 397 g/mol. The van der Waals surface area contributed by atoms with Gasteiger partial charge < -0.3 is 9.47 Å². The van der Waals surface area contributed by atoms with Gasteiger partial charge in [0.05, 0.1) is 29.8 Å². The highest BCUT2D eigenvalue weighted by Gasteiger charge is 2.28. The molecular formula is C18H20ClNO5S. The summed E-state index contributed by atoms with van der Waals surface area (Å²) >= 11 is 6.07. The van der Waals surface area contributed by atoms with Gasteiger partial charge in [0.1, 0.15) is 12.3 Å². The lowest BCUT2D eigenvalue weighted by Gasteiger charge is -2.24. The van der Waals surface area contributed by atoms with Gasteiger partial charge in [-0.05, 0) is 55.3 Å². The van der Waals surface area contributed by atoms with Crippen molar-refractivity contribution in [2.75, 3.05) is 25.1 Å². The van der Waals surface area contributed by atoms with E-state index in [-0.39, 0.29) is 9.92 Å². The van der Waals surface area contributed by atoms with E-state index in [1.165, 1.54) is 32.4 Å². The molecule has 0 unspecified atom stereocenters. The first-order valence-electron chi connectivity index (χ1n) is 7.71. The molecule has 0 N–H and O–H groups in total. The topological polar surface area (TPSA) is 72.9 Å². The third kappa shape index (κ3) is 4.11. The van der Waals surface area contributed by atoms with Gasteiger partial charge in [-0.15, -0.1) is 0 Å². The molecule has 140 valence electrons. The van der Waals surface area contributed by atoms with Crippen LogP contribution < -0.4 is 9.04 Å². The zero-order chi connectivity index (χ0) is 19.5. The molecule has 2 aromatic rings. The maximum Gasteiger partial charge on any atom is 0.326 e. The minimum atomic E-state index is -4.04. The van der Waals surface area contributed by atoms with Crippen molar-refractivity contribution in [1.82, 2.24) is 0 Å². The van der Waals surface area contributed by atoms with E-state index in [0.29, 0.717) is 11.4 Å². The zero-order valence-corrected chi connectivity index (χ0v) is 16.5. The van der Waals surface area contributed by atoms with Crippen LogP contribution in [0.3, 0.4) is 0 Å². The summed E-state index contributed by atoms with van der Waals surface area (Å²) in [6.07, 6.45) is 0. The van der Waals surface area contributed by atoms with Crippen LogP contribution in [0.5, 0.6) is 5.75 Å². The lowest BCUT2D eigenvalue weighted by atomic mass is 10.1. The van der Waals surface area contributed by atoms with Gasteiger partial charge in [-0.1, -0.05) is 17.7 Å². The Morgan fingerprint density at radius 1 is 1.08 bits per heavy atom. The van der Waals surface area contributed by atoms with Crippen molar-refractivity contribution in [3.05, 3.63) is 52.5 Å². The number of ether oxygens (including phenoxy) is 2. The minimum absolute atomic E-state index is 0.0505. The largest absolute Gasteiger partial charge is 0.495 e. The molecule has 0 fully saturated rings. The van der Waals surface area contributed by atoms with Crippen LogP contribution in [-0.2, 0) is 19.6 Å². The van der Waals surface area contributed by atoms with Crippen LogP contribution in [0.4, 0.5) is 5.69 Å². The van der Waals surface area contributed by atoms with Gasteiger partial charge >= 0.3 is 5.97 Å². The second-order valence-corrected chi connectivity index (χ2v) is 7.92. The summed E-state index contributed by atoms with van der Waals surface area (Å²) < 4.78 is 37.0. The molecule has 0 aliphatic carbocycles. The number of benzene rings is 2. The highest BCUT2D eigenvalue weighted by molar-refractivity contribution is 7.92. The summed E-state index contributed by atoms with van der Waals surface area (Å²) in [6.45, 7) is 3.33. The van der Waals surface area contributed by atoms with Crippen molar-refractivity contribution in [1.29, 1.82) is 0 Å². The molecule has 0 bridgehead atoms. The second-order valence-electron chi connectivity index (χ2n) is 5.65. The number of methoxy groups -OCH3 is 2. The molecule has 0 atom stereocenters. The summed E-state index contributed by atoms with van der Waals surface area (Å²) in [7, 11) is -1.40. The fraction of sp³-hybridized carbons (Fsp3) is 0.278. The maximum absolute atomic E-state index is 13.2. The molecule has 0 radical (unpaired) electrons. The van der Waals surface area contributed by atoms with E-state index in [2.05, 4.69) is 4.74 Å². The summed E-state index contributed by atoms with van der Waals surface area (Å²) in [5.74, 6) is -0.317. The smallest absolute Gasteiger partial charge is 0.326 e. The Morgan fingerprint density at radius 3 is 2.31 bits per heavy atom. The predicted octanol–water partition coefficient (Wildman–Crippen LogP) is 3.33. The van der Waals surface area contributed by atoms with Gasteiger partial charge in [0, 0.05) is 0 Å². The molecule has 2 rings (SSSR count). The fourth-order valence-electron chi connectivity index (χ4n) is 2.31.